The molecule has 0 aromatic heterocycles. The van der Waals surface area contributed by atoms with Crippen LogP contribution in [-0.4, -0.2) is 43.6 Å². The normalized spacial score (nSPS) is 23.6. The molecule has 4 heteroatoms. The van der Waals surface area contributed by atoms with Crippen LogP contribution in [0.15, 0.2) is 24.3 Å². The Bertz CT molecular complexity index is 636. The first kappa shape index (κ1) is 22.1. The molecule has 0 unspecified atom stereocenters. The van der Waals surface area contributed by atoms with Gasteiger partial charge in [0.05, 0.1) is 7.11 Å². The Morgan fingerprint density at radius 1 is 1.14 bits per heavy atom. The lowest BCUT2D eigenvalue weighted by Gasteiger charge is -2.45. The number of carbonyl (C=O) groups excluding carboxylic acids is 1. The molecule has 3 aliphatic rings. The topological polar surface area (TPSA) is 41.6 Å². The number of unbranched alkanes of at least 4 members (excludes halogenated alkanes) is 1. The van der Waals surface area contributed by atoms with Crippen molar-refractivity contribution in [3.63, 3.8) is 0 Å². The molecule has 0 spiro atoms. The largest absolute Gasteiger partial charge is 0.496 e. The van der Waals surface area contributed by atoms with Gasteiger partial charge in [0.2, 0.25) is 5.91 Å². The van der Waals surface area contributed by atoms with Gasteiger partial charge in [-0.25, -0.2) is 0 Å². The Hall–Kier alpha value is -1.55. The first-order valence-electron chi connectivity index (χ1n) is 11.7. The highest BCUT2D eigenvalue weighted by molar-refractivity contribution is 5.82. The van der Waals surface area contributed by atoms with Gasteiger partial charge in [-0.15, -0.1) is 0 Å². The summed E-state index contributed by atoms with van der Waals surface area (Å²) in [6, 6.07) is 8.82. The predicted octanol–water partition coefficient (Wildman–Crippen LogP) is 4.81. The maximum atomic E-state index is 12.8. The summed E-state index contributed by atoms with van der Waals surface area (Å²) >= 11 is 0. The van der Waals surface area contributed by atoms with Crippen LogP contribution in [0.1, 0.15) is 70.8 Å². The van der Waals surface area contributed by atoms with Gasteiger partial charge >= 0.3 is 0 Å². The standard InChI is InChI=1S/C25H40N2O2/c1-20(2)27(19-13-22-8-4-5-9-23(22)29-3)18-7-6-17-26-24(28)25-14-10-21(11-15-25)12-16-25/h4-5,8-9,20-21H,6-7,10-19H2,1-3H3,(H,26,28). The minimum atomic E-state index is -0.0204. The van der Waals surface area contributed by atoms with E-state index < -0.39 is 0 Å². The highest BCUT2D eigenvalue weighted by atomic mass is 16.5. The Morgan fingerprint density at radius 2 is 1.83 bits per heavy atom. The molecule has 4 nitrogen and oxygen atoms in total. The van der Waals surface area contributed by atoms with Crippen LogP contribution in [-0.2, 0) is 11.2 Å². The molecule has 1 aromatic carbocycles. The van der Waals surface area contributed by atoms with Crippen molar-refractivity contribution >= 4 is 5.91 Å². The highest BCUT2D eigenvalue weighted by Gasteiger charge is 2.45. The van der Waals surface area contributed by atoms with E-state index in [1.165, 1.54) is 24.8 Å². The number of rotatable bonds is 11. The molecule has 0 aliphatic heterocycles. The van der Waals surface area contributed by atoms with Crippen LogP contribution in [0.25, 0.3) is 0 Å². The van der Waals surface area contributed by atoms with Crippen LogP contribution >= 0.6 is 0 Å². The summed E-state index contributed by atoms with van der Waals surface area (Å²) in [7, 11) is 1.74. The minimum absolute atomic E-state index is 0.0204. The molecule has 3 saturated carbocycles. The predicted molar refractivity (Wildman–Crippen MR) is 119 cm³/mol. The number of hydrogen-bond donors (Lipinski definition) is 1. The van der Waals surface area contributed by atoms with Crippen molar-refractivity contribution in [2.75, 3.05) is 26.7 Å². The third-order valence-electron chi connectivity index (χ3n) is 7.32. The van der Waals surface area contributed by atoms with Crippen LogP contribution < -0.4 is 10.1 Å². The third-order valence-corrected chi connectivity index (χ3v) is 7.32. The zero-order valence-corrected chi connectivity index (χ0v) is 18.7. The van der Waals surface area contributed by atoms with Crippen molar-refractivity contribution in [1.82, 2.24) is 10.2 Å². The van der Waals surface area contributed by atoms with Gasteiger partial charge in [-0.2, -0.15) is 0 Å². The summed E-state index contributed by atoms with van der Waals surface area (Å²) in [5.41, 5.74) is 1.25. The van der Waals surface area contributed by atoms with E-state index in [-0.39, 0.29) is 5.41 Å². The molecule has 1 N–H and O–H groups in total. The van der Waals surface area contributed by atoms with Gasteiger partial charge in [0, 0.05) is 24.5 Å². The second-order valence-electron chi connectivity index (χ2n) is 9.42. The number of ether oxygens (including phenoxy) is 1. The number of hydrogen-bond acceptors (Lipinski definition) is 3. The lowest BCUT2D eigenvalue weighted by molar-refractivity contribution is -0.136. The molecule has 29 heavy (non-hydrogen) atoms. The number of benzene rings is 1. The molecule has 2 bridgehead atoms. The molecule has 0 radical (unpaired) electrons. The van der Waals surface area contributed by atoms with Gasteiger partial charge in [-0.3, -0.25) is 4.79 Å². The molecular weight excluding hydrogens is 360 g/mol. The number of para-hydroxylation sites is 1. The van der Waals surface area contributed by atoms with Crippen LogP contribution in [0.4, 0.5) is 0 Å². The fourth-order valence-electron chi connectivity index (χ4n) is 5.22. The molecule has 0 saturated heterocycles. The monoisotopic (exact) mass is 400 g/mol. The number of amides is 1. The van der Waals surface area contributed by atoms with Crippen molar-refractivity contribution in [2.24, 2.45) is 11.3 Å². The number of fused-ring (bicyclic) bond motifs is 3. The van der Waals surface area contributed by atoms with Crippen molar-refractivity contribution in [3.8, 4) is 5.75 Å². The number of nitrogens with one attached hydrogen (secondary N) is 1. The van der Waals surface area contributed by atoms with Crippen LogP contribution in [0, 0.1) is 11.3 Å². The fraction of sp³-hybridized carbons (Fsp3) is 0.720. The van der Waals surface area contributed by atoms with Crippen LogP contribution in [0.2, 0.25) is 0 Å². The molecule has 1 aromatic rings. The summed E-state index contributed by atoms with van der Waals surface area (Å²) in [5.74, 6) is 2.23. The molecule has 3 aliphatic carbocycles. The van der Waals surface area contributed by atoms with Gasteiger partial charge in [0.1, 0.15) is 5.75 Å². The average Bonchev–Trinajstić information content (AvgIpc) is 2.76. The molecule has 1 amide bonds. The first-order valence-corrected chi connectivity index (χ1v) is 11.7. The second-order valence-corrected chi connectivity index (χ2v) is 9.42. The highest BCUT2D eigenvalue weighted by Crippen LogP contribution is 2.50. The first-order chi connectivity index (χ1) is 14.0. The van der Waals surface area contributed by atoms with Crippen LogP contribution in [0.3, 0.4) is 0 Å². The molecule has 0 heterocycles. The Kier molecular flexibility index (Phi) is 7.99. The van der Waals surface area contributed by atoms with Crippen molar-refractivity contribution in [2.45, 2.75) is 77.7 Å². The van der Waals surface area contributed by atoms with Crippen LogP contribution in [0.5, 0.6) is 5.75 Å². The molecule has 162 valence electrons. The molecule has 4 rings (SSSR count). The molecule has 0 atom stereocenters. The maximum absolute atomic E-state index is 12.8. The molecule has 3 fully saturated rings. The van der Waals surface area contributed by atoms with E-state index in [1.54, 1.807) is 7.11 Å². The summed E-state index contributed by atoms with van der Waals surface area (Å²) in [4.78, 5) is 15.3. The minimum Gasteiger partial charge on any atom is -0.496 e. The van der Waals surface area contributed by atoms with E-state index in [4.69, 9.17) is 4.74 Å². The lowest BCUT2D eigenvalue weighted by atomic mass is 9.60. The third kappa shape index (κ3) is 5.75. The number of carbonyl (C=O) groups is 1. The molecular formula is C25H40N2O2. The fourth-order valence-corrected chi connectivity index (χ4v) is 5.22. The Labute approximate surface area is 177 Å². The van der Waals surface area contributed by atoms with Crippen molar-refractivity contribution in [3.05, 3.63) is 29.8 Å². The smallest absolute Gasteiger partial charge is 0.226 e. The summed E-state index contributed by atoms with van der Waals surface area (Å²) in [6.07, 6.45) is 10.3. The van der Waals surface area contributed by atoms with Crippen molar-refractivity contribution < 1.29 is 9.53 Å². The van der Waals surface area contributed by atoms with Gasteiger partial charge < -0.3 is 15.0 Å². The zero-order valence-electron chi connectivity index (χ0n) is 18.7. The van der Waals surface area contributed by atoms with E-state index in [2.05, 4.69) is 36.2 Å². The van der Waals surface area contributed by atoms with E-state index in [1.807, 2.05) is 12.1 Å². The lowest BCUT2D eigenvalue weighted by Crippen LogP contribution is -2.47. The van der Waals surface area contributed by atoms with Crippen molar-refractivity contribution in [1.29, 1.82) is 0 Å². The Balaban J connectivity index is 1.37. The SMILES string of the molecule is COc1ccccc1CCN(CCCCNC(=O)C12CCC(CC1)CC2)C(C)C. The van der Waals surface area contributed by atoms with E-state index >= 15 is 0 Å². The maximum Gasteiger partial charge on any atom is 0.226 e. The van der Waals surface area contributed by atoms with Gasteiger partial charge in [0.15, 0.2) is 0 Å². The Morgan fingerprint density at radius 3 is 2.48 bits per heavy atom. The number of nitrogens with zero attached hydrogens (tertiary/aromatic N) is 1. The average molecular weight is 401 g/mol. The summed E-state index contributed by atoms with van der Waals surface area (Å²) < 4.78 is 5.49. The van der Waals surface area contributed by atoms with Gasteiger partial charge in [-0.05, 0) is 95.7 Å². The van der Waals surface area contributed by atoms with E-state index in [0.717, 1.165) is 69.8 Å². The second kappa shape index (κ2) is 10.5. The summed E-state index contributed by atoms with van der Waals surface area (Å²) in [6.45, 7) is 7.47. The van der Waals surface area contributed by atoms with Gasteiger partial charge in [0.25, 0.3) is 0 Å². The number of methoxy groups -OCH3 is 1. The van der Waals surface area contributed by atoms with E-state index in [0.29, 0.717) is 11.9 Å². The zero-order chi connectivity index (χ0) is 20.7. The van der Waals surface area contributed by atoms with Gasteiger partial charge in [-0.1, -0.05) is 18.2 Å². The quantitative estimate of drug-likeness (QED) is 0.542. The summed E-state index contributed by atoms with van der Waals surface area (Å²) in [5, 5.41) is 3.27. The van der Waals surface area contributed by atoms with E-state index in [9.17, 15) is 4.79 Å².